The normalized spacial score (nSPS) is 63.8. The molecule has 0 aromatic rings. The third-order valence-corrected chi connectivity index (χ3v) is 5.96. The molecule has 6 atom stereocenters. The molecule has 70 valence electrons. The van der Waals surface area contributed by atoms with Crippen LogP contribution >= 0.6 is 23.2 Å². The van der Waals surface area contributed by atoms with Crippen molar-refractivity contribution in [3.63, 3.8) is 0 Å². The average Bonchev–Trinajstić information content (AvgIpc) is 2.58. The van der Waals surface area contributed by atoms with Crippen molar-refractivity contribution in [1.82, 2.24) is 0 Å². The Labute approximate surface area is 88.3 Å². The summed E-state index contributed by atoms with van der Waals surface area (Å²) in [5.74, 6) is 4.76. The summed E-state index contributed by atoms with van der Waals surface area (Å²) in [5, 5.41) is 0. The second-order valence-electron chi connectivity index (χ2n) is 5.23. The Hall–Kier alpha value is 0.320. The number of rotatable bonds is 0. The molecule has 4 aliphatic rings. The van der Waals surface area contributed by atoms with E-state index in [4.69, 9.17) is 23.2 Å². The van der Waals surface area contributed by atoms with Crippen molar-refractivity contribution in [3.05, 3.63) is 12.2 Å². The van der Waals surface area contributed by atoms with Crippen LogP contribution in [0.1, 0.15) is 12.8 Å². The molecule has 0 aromatic heterocycles. The van der Waals surface area contributed by atoms with Gasteiger partial charge in [-0.05, 0) is 42.4 Å². The van der Waals surface area contributed by atoms with E-state index in [1.54, 1.807) is 0 Å². The minimum atomic E-state index is -0.334. The number of alkyl halides is 2. The third-order valence-electron chi connectivity index (χ3n) is 4.89. The van der Waals surface area contributed by atoms with Crippen molar-refractivity contribution < 1.29 is 0 Å². The molecule has 2 heteroatoms. The molecule has 0 heterocycles. The van der Waals surface area contributed by atoms with Gasteiger partial charge in [-0.2, -0.15) is 0 Å². The van der Waals surface area contributed by atoms with Crippen LogP contribution in [0.2, 0.25) is 0 Å². The SMILES string of the molecule is ClC1(Cl)[C@@H]2[C@H]3[C@H](C[C@H]21)[C@@H]1C=C[C@H]3C1. The standard InChI is InChI=1S/C11H12Cl2/c12-11(13)8-4-7-5-1-2-6(3-5)9(7)10(8)11/h1-2,5-10H,3-4H2/t5-,6+,7-,8-,9-,10+/m1/s1. The van der Waals surface area contributed by atoms with Crippen molar-refractivity contribution in [2.75, 3.05) is 0 Å². The highest BCUT2D eigenvalue weighted by molar-refractivity contribution is 6.51. The van der Waals surface area contributed by atoms with E-state index >= 15 is 0 Å². The zero-order chi connectivity index (χ0) is 8.79. The monoisotopic (exact) mass is 214 g/mol. The third kappa shape index (κ3) is 0.699. The van der Waals surface area contributed by atoms with Gasteiger partial charge in [-0.25, -0.2) is 0 Å². The first-order chi connectivity index (χ1) is 6.19. The van der Waals surface area contributed by atoms with Crippen LogP contribution in [0, 0.1) is 35.5 Å². The molecule has 4 aliphatic carbocycles. The van der Waals surface area contributed by atoms with Gasteiger partial charge >= 0.3 is 0 Å². The lowest BCUT2D eigenvalue weighted by atomic mass is 9.82. The highest BCUT2D eigenvalue weighted by Crippen LogP contribution is 2.76. The molecule has 0 amide bonds. The molecule has 0 N–H and O–H groups in total. The van der Waals surface area contributed by atoms with E-state index in [2.05, 4.69) is 12.2 Å². The second kappa shape index (κ2) is 1.97. The Balaban J connectivity index is 1.74. The van der Waals surface area contributed by atoms with Gasteiger partial charge in [0.25, 0.3) is 0 Å². The predicted molar refractivity (Wildman–Crippen MR) is 53.8 cm³/mol. The van der Waals surface area contributed by atoms with E-state index in [9.17, 15) is 0 Å². The Morgan fingerprint density at radius 2 is 1.85 bits per heavy atom. The zero-order valence-electron chi connectivity index (χ0n) is 7.29. The topological polar surface area (TPSA) is 0 Å². The molecule has 3 saturated carbocycles. The Morgan fingerprint density at radius 3 is 2.69 bits per heavy atom. The molecule has 0 radical (unpaired) electrons. The largest absolute Gasteiger partial charge is 0.125 e. The van der Waals surface area contributed by atoms with E-state index in [0.29, 0.717) is 11.8 Å². The number of fused-ring (bicyclic) bond motifs is 7. The molecule has 0 aliphatic heterocycles. The van der Waals surface area contributed by atoms with Gasteiger partial charge in [-0.1, -0.05) is 12.2 Å². The number of allylic oxidation sites excluding steroid dienone is 2. The summed E-state index contributed by atoms with van der Waals surface area (Å²) >= 11 is 12.5. The molecule has 2 bridgehead atoms. The van der Waals surface area contributed by atoms with Crippen LogP contribution in [0.15, 0.2) is 12.2 Å². The van der Waals surface area contributed by atoms with E-state index < -0.39 is 0 Å². The van der Waals surface area contributed by atoms with Crippen LogP contribution in [-0.4, -0.2) is 4.33 Å². The Bertz CT molecular complexity index is 307. The van der Waals surface area contributed by atoms with Crippen LogP contribution < -0.4 is 0 Å². The summed E-state index contributed by atoms with van der Waals surface area (Å²) in [6.45, 7) is 0. The van der Waals surface area contributed by atoms with Gasteiger partial charge < -0.3 is 0 Å². The first kappa shape index (κ1) is 7.59. The lowest BCUT2D eigenvalue weighted by molar-refractivity contribution is 0.310. The summed E-state index contributed by atoms with van der Waals surface area (Å²) in [4.78, 5) is 0. The van der Waals surface area contributed by atoms with Crippen molar-refractivity contribution in [1.29, 1.82) is 0 Å². The highest BCUT2D eigenvalue weighted by Gasteiger charge is 2.74. The Morgan fingerprint density at radius 1 is 1.08 bits per heavy atom. The van der Waals surface area contributed by atoms with Crippen LogP contribution in [0.3, 0.4) is 0 Å². The van der Waals surface area contributed by atoms with E-state index in [0.717, 1.165) is 23.7 Å². The van der Waals surface area contributed by atoms with Crippen molar-refractivity contribution >= 4 is 23.2 Å². The summed E-state index contributed by atoms with van der Waals surface area (Å²) in [6.07, 6.45) is 7.54. The van der Waals surface area contributed by atoms with Gasteiger partial charge in [0.1, 0.15) is 4.33 Å². The number of halogens is 2. The predicted octanol–water partition coefficient (Wildman–Crippen LogP) is 3.25. The van der Waals surface area contributed by atoms with Gasteiger partial charge in [0.2, 0.25) is 0 Å². The fourth-order valence-corrected chi connectivity index (χ4v) is 5.28. The molecule has 0 saturated heterocycles. The van der Waals surface area contributed by atoms with Crippen LogP contribution in [0.5, 0.6) is 0 Å². The molecular formula is C11H12Cl2. The summed E-state index contributed by atoms with van der Waals surface area (Å²) in [6, 6.07) is 0. The van der Waals surface area contributed by atoms with E-state index in [-0.39, 0.29) is 4.33 Å². The maximum Gasteiger partial charge on any atom is 0.125 e. The molecule has 3 fully saturated rings. The van der Waals surface area contributed by atoms with Gasteiger partial charge in [0, 0.05) is 5.92 Å². The molecule has 0 nitrogen and oxygen atoms in total. The van der Waals surface area contributed by atoms with Crippen molar-refractivity contribution in [3.8, 4) is 0 Å². The quantitative estimate of drug-likeness (QED) is 0.429. The van der Waals surface area contributed by atoms with Gasteiger partial charge in [-0.3, -0.25) is 0 Å². The van der Waals surface area contributed by atoms with Gasteiger partial charge in [0.05, 0.1) is 0 Å². The lowest BCUT2D eigenvalue weighted by Crippen LogP contribution is -2.21. The minimum absolute atomic E-state index is 0.334. The fourth-order valence-electron chi connectivity index (χ4n) is 4.37. The summed E-state index contributed by atoms with van der Waals surface area (Å²) in [5.41, 5.74) is 0. The molecule has 4 rings (SSSR count). The van der Waals surface area contributed by atoms with Crippen LogP contribution in [0.25, 0.3) is 0 Å². The van der Waals surface area contributed by atoms with Crippen molar-refractivity contribution in [2.24, 2.45) is 35.5 Å². The number of hydrogen-bond acceptors (Lipinski definition) is 0. The second-order valence-corrected chi connectivity index (χ2v) is 6.68. The maximum absolute atomic E-state index is 6.25. The van der Waals surface area contributed by atoms with Crippen LogP contribution in [0.4, 0.5) is 0 Å². The van der Waals surface area contributed by atoms with E-state index in [1.807, 2.05) is 0 Å². The highest BCUT2D eigenvalue weighted by atomic mass is 35.5. The number of hydrogen-bond donors (Lipinski definition) is 0. The van der Waals surface area contributed by atoms with Gasteiger partial charge in [0.15, 0.2) is 0 Å². The fraction of sp³-hybridized carbons (Fsp3) is 0.818. The molecule has 0 spiro atoms. The maximum atomic E-state index is 6.25. The molecule has 0 unspecified atom stereocenters. The smallest absolute Gasteiger partial charge is 0.101 e. The van der Waals surface area contributed by atoms with E-state index in [1.165, 1.54) is 12.8 Å². The zero-order valence-corrected chi connectivity index (χ0v) is 8.80. The average molecular weight is 215 g/mol. The summed E-state index contributed by atoms with van der Waals surface area (Å²) in [7, 11) is 0. The minimum Gasteiger partial charge on any atom is -0.101 e. The summed E-state index contributed by atoms with van der Waals surface area (Å²) < 4.78 is -0.334. The van der Waals surface area contributed by atoms with Crippen molar-refractivity contribution in [2.45, 2.75) is 17.2 Å². The van der Waals surface area contributed by atoms with Gasteiger partial charge in [-0.15, -0.1) is 23.2 Å². The lowest BCUT2D eigenvalue weighted by Gasteiger charge is -2.25. The first-order valence-electron chi connectivity index (χ1n) is 5.25. The molecule has 13 heavy (non-hydrogen) atoms. The first-order valence-corrected chi connectivity index (χ1v) is 6.01. The Kier molecular flexibility index (Phi) is 1.15. The van der Waals surface area contributed by atoms with Crippen LogP contribution in [-0.2, 0) is 0 Å². The molecular weight excluding hydrogens is 203 g/mol. The molecule has 0 aromatic carbocycles.